The van der Waals surface area contributed by atoms with Gasteiger partial charge in [-0.15, -0.1) is 0 Å². The van der Waals surface area contributed by atoms with Gasteiger partial charge in [0.1, 0.15) is 23.8 Å². The van der Waals surface area contributed by atoms with Crippen LogP contribution in [0.3, 0.4) is 0 Å². The first-order chi connectivity index (χ1) is 14.5. The van der Waals surface area contributed by atoms with Crippen LogP contribution in [0.25, 0.3) is 6.08 Å². The number of allylic oxidation sites excluding steroid dienone is 1. The summed E-state index contributed by atoms with van der Waals surface area (Å²) in [7, 11) is 3.16. The molecule has 0 amide bonds. The number of hydrogen-bond donors (Lipinski definition) is 2. The molecule has 2 aliphatic rings. The normalized spacial score (nSPS) is 22.0. The van der Waals surface area contributed by atoms with Crippen molar-refractivity contribution in [1.82, 2.24) is 0 Å². The highest BCUT2D eigenvalue weighted by Gasteiger charge is 2.34. The van der Waals surface area contributed by atoms with Crippen LogP contribution in [0.2, 0.25) is 0 Å². The van der Waals surface area contributed by atoms with Gasteiger partial charge in [-0.1, -0.05) is 0 Å². The zero-order valence-corrected chi connectivity index (χ0v) is 17.7. The summed E-state index contributed by atoms with van der Waals surface area (Å²) in [6.07, 6.45) is 5.28. The third kappa shape index (κ3) is 3.75. The predicted molar refractivity (Wildman–Crippen MR) is 113 cm³/mol. The number of phenolic OH excluding ortho intramolecular Hbond substituents is 1. The molecule has 6 heteroatoms. The quantitative estimate of drug-likeness (QED) is 0.742. The van der Waals surface area contributed by atoms with Gasteiger partial charge in [0.05, 0.1) is 37.9 Å². The number of phenols is 1. The smallest absolute Gasteiger partial charge is 0.231 e. The van der Waals surface area contributed by atoms with Gasteiger partial charge in [0.15, 0.2) is 11.5 Å². The van der Waals surface area contributed by atoms with Crippen LogP contribution < -0.4 is 19.1 Å². The van der Waals surface area contributed by atoms with E-state index in [2.05, 4.69) is 6.92 Å². The molecule has 0 spiro atoms. The minimum atomic E-state index is -0.189. The first-order valence-electron chi connectivity index (χ1n) is 10.4. The van der Waals surface area contributed by atoms with Gasteiger partial charge in [-0.3, -0.25) is 4.79 Å². The number of methoxy groups -OCH3 is 2. The highest BCUT2D eigenvalue weighted by molar-refractivity contribution is 6.15. The second-order valence-electron chi connectivity index (χ2n) is 7.97. The number of Topliss-reactive ketones (excluding diaryl/α,β-unsaturated/α-hetero) is 1. The maximum absolute atomic E-state index is 13.0. The fraction of sp³-hybridized carbons (Fsp3) is 0.375. The van der Waals surface area contributed by atoms with E-state index in [0.29, 0.717) is 41.0 Å². The molecule has 2 N–H and O–H groups in total. The Morgan fingerprint density at radius 2 is 2.03 bits per heavy atom. The minimum absolute atomic E-state index is 0.176. The predicted octanol–water partition coefficient (Wildman–Crippen LogP) is 2.98. The summed E-state index contributed by atoms with van der Waals surface area (Å²) in [6.45, 7) is 3.94. The molecule has 0 bridgehead atoms. The van der Waals surface area contributed by atoms with Crippen LogP contribution >= 0.6 is 0 Å². The number of carbonyl (C=O) groups is 1. The van der Waals surface area contributed by atoms with Crippen molar-refractivity contribution in [3.63, 3.8) is 0 Å². The Hall–Kier alpha value is -2.99. The highest BCUT2D eigenvalue weighted by atomic mass is 16.5. The van der Waals surface area contributed by atoms with Gasteiger partial charge in [0.25, 0.3) is 0 Å². The van der Waals surface area contributed by atoms with Gasteiger partial charge in [-0.05, 0) is 56.5 Å². The molecule has 0 aromatic heterocycles. The molecule has 2 atom stereocenters. The number of aromatic hydroxyl groups is 1. The Morgan fingerprint density at radius 3 is 2.77 bits per heavy atom. The number of benzene rings is 2. The van der Waals surface area contributed by atoms with Crippen LogP contribution in [0.4, 0.5) is 0 Å². The maximum Gasteiger partial charge on any atom is 0.231 e. The van der Waals surface area contributed by atoms with Gasteiger partial charge in [-0.2, -0.15) is 0 Å². The number of rotatable bonds is 5. The molecule has 1 fully saturated rings. The first-order valence-corrected chi connectivity index (χ1v) is 10.4. The summed E-state index contributed by atoms with van der Waals surface area (Å²) in [5.74, 6) is 1.94. The van der Waals surface area contributed by atoms with Crippen molar-refractivity contribution in [2.24, 2.45) is 0 Å². The summed E-state index contributed by atoms with van der Waals surface area (Å²) in [6, 6.07) is 9.14. The number of piperidine rings is 1. The number of carbonyl (C=O) groups excluding carboxylic acids is 1. The van der Waals surface area contributed by atoms with Crippen LogP contribution in [0.1, 0.15) is 47.7 Å². The minimum Gasteiger partial charge on any atom is -0.507 e. The van der Waals surface area contributed by atoms with E-state index in [-0.39, 0.29) is 17.3 Å². The number of nitrogens with one attached hydrogen (secondary N) is 1. The zero-order chi connectivity index (χ0) is 21.3. The third-order valence-electron chi connectivity index (χ3n) is 6.13. The second-order valence-corrected chi connectivity index (χ2v) is 7.97. The molecule has 30 heavy (non-hydrogen) atoms. The number of ether oxygens (including phenoxy) is 3. The van der Waals surface area contributed by atoms with Crippen LogP contribution in [0, 0.1) is 0 Å². The Balaban J connectivity index is 1.67. The lowest BCUT2D eigenvalue weighted by Gasteiger charge is -2.30. The average molecular weight is 410 g/mol. The van der Waals surface area contributed by atoms with Crippen molar-refractivity contribution in [2.45, 2.75) is 38.8 Å². The van der Waals surface area contributed by atoms with Gasteiger partial charge in [-0.25, -0.2) is 0 Å². The Bertz CT molecular complexity index is 997. The SMILES string of the molecule is COc1ccc(C=C2Oc3c(ccc(O)c3C[NH+]3CCCC[C@H]3C)C2=O)c(OC)c1. The van der Waals surface area contributed by atoms with Crippen molar-refractivity contribution < 1.29 is 29.0 Å². The molecular weight excluding hydrogens is 382 g/mol. The van der Waals surface area contributed by atoms with Crippen molar-refractivity contribution in [3.05, 3.63) is 52.8 Å². The van der Waals surface area contributed by atoms with Crippen LogP contribution in [-0.2, 0) is 6.54 Å². The standard InChI is InChI=1S/C24H27NO5/c1-15-6-4-5-11-25(15)14-19-20(26)10-9-18-23(27)22(30-24(18)19)12-16-7-8-17(28-2)13-21(16)29-3/h7-10,12-13,15,26H,4-6,11,14H2,1-3H3/p+1/t15-/m1/s1. The maximum atomic E-state index is 13.0. The van der Waals surface area contributed by atoms with Gasteiger partial charge in [0, 0.05) is 11.6 Å². The van der Waals surface area contributed by atoms with Gasteiger partial charge < -0.3 is 24.2 Å². The molecule has 158 valence electrons. The number of hydrogen-bond acceptors (Lipinski definition) is 5. The first kappa shape index (κ1) is 20.3. The fourth-order valence-corrected chi connectivity index (χ4v) is 4.29. The number of quaternary nitrogens is 1. The summed E-state index contributed by atoms with van der Waals surface area (Å²) < 4.78 is 16.7. The van der Waals surface area contributed by atoms with Crippen molar-refractivity contribution in [1.29, 1.82) is 0 Å². The van der Waals surface area contributed by atoms with Crippen LogP contribution in [0.5, 0.6) is 23.0 Å². The number of ketones is 1. The van der Waals surface area contributed by atoms with E-state index < -0.39 is 0 Å². The van der Waals surface area contributed by atoms with Crippen LogP contribution in [0.15, 0.2) is 36.1 Å². The van der Waals surface area contributed by atoms with Crippen molar-refractivity contribution >= 4 is 11.9 Å². The molecule has 0 radical (unpaired) electrons. The lowest BCUT2D eigenvalue weighted by atomic mass is 10.0. The molecule has 2 aromatic carbocycles. The summed E-state index contributed by atoms with van der Waals surface area (Å²) in [5.41, 5.74) is 1.91. The van der Waals surface area contributed by atoms with E-state index in [1.54, 1.807) is 44.6 Å². The van der Waals surface area contributed by atoms with E-state index in [1.165, 1.54) is 24.2 Å². The van der Waals surface area contributed by atoms with Gasteiger partial charge >= 0.3 is 0 Å². The molecule has 1 saturated heterocycles. The second kappa shape index (κ2) is 8.40. The lowest BCUT2D eigenvalue weighted by Crippen LogP contribution is -3.14. The molecule has 0 aliphatic carbocycles. The Kier molecular flexibility index (Phi) is 5.68. The summed E-state index contributed by atoms with van der Waals surface area (Å²) >= 11 is 0. The van der Waals surface area contributed by atoms with E-state index in [1.807, 2.05) is 6.07 Å². The molecule has 2 heterocycles. The summed E-state index contributed by atoms with van der Waals surface area (Å²) in [4.78, 5) is 14.4. The van der Waals surface area contributed by atoms with Gasteiger partial charge in [0.2, 0.25) is 5.78 Å². The van der Waals surface area contributed by atoms with E-state index in [0.717, 1.165) is 12.1 Å². The number of likely N-dealkylation sites (tertiary alicyclic amines) is 1. The van der Waals surface area contributed by atoms with E-state index in [4.69, 9.17) is 14.2 Å². The molecule has 2 aromatic rings. The molecule has 6 nitrogen and oxygen atoms in total. The monoisotopic (exact) mass is 410 g/mol. The topological polar surface area (TPSA) is 69.4 Å². The van der Waals surface area contributed by atoms with Crippen LogP contribution in [-0.4, -0.2) is 37.7 Å². The largest absolute Gasteiger partial charge is 0.507 e. The van der Waals surface area contributed by atoms with E-state index in [9.17, 15) is 9.90 Å². The third-order valence-corrected chi connectivity index (χ3v) is 6.13. The molecular formula is C24H28NO5+. The van der Waals surface area contributed by atoms with E-state index >= 15 is 0 Å². The van der Waals surface area contributed by atoms with Crippen molar-refractivity contribution in [2.75, 3.05) is 20.8 Å². The Morgan fingerprint density at radius 1 is 1.20 bits per heavy atom. The van der Waals surface area contributed by atoms with Crippen molar-refractivity contribution in [3.8, 4) is 23.0 Å². The zero-order valence-electron chi connectivity index (χ0n) is 17.7. The Labute approximate surface area is 176 Å². The molecule has 0 saturated carbocycles. The average Bonchev–Trinajstić information content (AvgIpc) is 3.07. The molecule has 1 unspecified atom stereocenters. The number of fused-ring (bicyclic) bond motifs is 1. The lowest BCUT2D eigenvalue weighted by molar-refractivity contribution is -0.941. The molecule has 2 aliphatic heterocycles. The summed E-state index contributed by atoms with van der Waals surface area (Å²) in [5, 5.41) is 10.5. The molecule has 4 rings (SSSR count). The highest BCUT2D eigenvalue weighted by Crippen LogP contribution is 2.40. The fourth-order valence-electron chi connectivity index (χ4n) is 4.29.